The number of imidazole rings is 1. The molecule has 3 atom stereocenters. The highest BCUT2D eigenvalue weighted by atomic mass is 32.2. The first-order chi connectivity index (χ1) is 23.8. The average Bonchev–Trinajstić information content (AvgIpc) is 3.48. The summed E-state index contributed by atoms with van der Waals surface area (Å²) in [6.07, 6.45) is 25.8. The van der Waals surface area contributed by atoms with Gasteiger partial charge in [0, 0.05) is 11.9 Å². The summed E-state index contributed by atoms with van der Waals surface area (Å²) in [5, 5.41) is 0.455. The van der Waals surface area contributed by atoms with Gasteiger partial charge in [-0.05, 0) is 31.9 Å². The highest BCUT2D eigenvalue weighted by Crippen LogP contribution is 2.43. The first-order valence-electron chi connectivity index (χ1n) is 18.9. The van der Waals surface area contributed by atoms with Crippen molar-refractivity contribution in [3.8, 4) is 0 Å². The molecule has 2 aromatic rings. The normalized spacial score (nSPS) is 14.4. The Bertz CT molecular complexity index is 1220. The van der Waals surface area contributed by atoms with Gasteiger partial charge in [0.1, 0.15) is 6.73 Å². The Morgan fingerprint density at radius 2 is 1.45 bits per heavy atom. The minimum Gasteiger partial charge on any atom is -0.377 e. The van der Waals surface area contributed by atoms with Crippen LogP contribution >= 0.6 is 19.6 Å². The molecular weight excluding hydrogens is 665 g/mol. The van der Waals surface area contributed by atoms with Crippen LogP contribution in [-0.2, 0) is 29.8 Å². The molecule has 284 valence electrons. The van der Waals surface area contributed by atoms with Crippen molar-refractivity contribution in [3.63, 3.8) is 0 Å². The number of thioether (sulfide) groups is 1. The van der Waals surface area contributed by atoms with Crippen LogP contribution in [0.5, 0.6) is 0 Å². The van der Waals surface area contributed by atoms with E-state index < -0.39 is 13.4 Å². The van der Waals surface area contributed by atoms with Crippen LogP contribution in [0.1, 0.15) is 143 Å². The van der Waals surface area contributed by atoms with Gasteiger partial charge >= 0.3 is 7.82 Å². The molecule has 0 spiro atoms. The molecule has 0 bridgehead atoms. The van der Waals surface area contributed by atoms with E-state index in [4.69, 9.17) is 24.3 Å². The van der Waals surface area contributed by atoms with Gasteiger partial charge < -0.3 is 20.1 Å². The molecule has 12 nitrogen and oxygen atoms in total. The molecule has 0 aliphatic rings. The number of nitrogen functional groups attached to an aromatic ring is 1. The number of phosphoric ester groups is 1. The van der Waals surface area contributed by atoms with Crippen LogP contribution in [0.2, 0.25) is 0 Å². The summed E-state index contributed by atoms with van der Waals surface area (Å²) in [7, 11) is -4.23. The van der Waals surface area contributed by atoms with Gasteiger partial charge in [0.2, 0.25) is 5.95 Å². The predicted octanol–water partition coefficient (Wildman–Crippen LogP) is 8.77. The number of aromatic nitrogens is 4. The van der Waals surface area contributed by atoms with Crippen LogP contribution in [0.4, 0.5) is 5.95 Å². The SMILES string of the molecule is CCCCCCCCCCCCSC(CCCCCCCCC)C(C)OCCCOP(=O)(O)OCCOCn1cnc2c(=O)[nH]c(N)nc21. The van der Waals surface area contributed by atoms with Gasteiger partial charge in [-0.3, -0.25) is 23.4 Å². The number of nitrogens with one attached hydrogen (secondary N) is 1. The molecule has 0 saturated carbocycles. The number of anilines is 1. The molecular formula is C35H66N5O7PS. The minimum absolute atomic E-state index is 0.0133. The number of rotatable bonds is 33. The lowest BCUT2D eigenvalue weighted by Crippen LogP contribution is -2.25. The quantitative estimate of drug-likeness (QED) is 0.0475. The van der Waals surface area contributed by atoms with E-state index in [2.05, 4.69) is 47.5 Å². The fourth-order valence-corrected chi connectivity index (χ4v) is 7.77. The number of aromatic amines is 1. The third kappa shape index (κ3) is 20.2. The summed E-state index contributed by atoms with van der Waals surface area (Å²) in [4.78, 5) is 32.4. The van der Waals surface area contributed by atoms with Crippen molar-refractivity contribution in [2.24, 2.45) is 0 Å². The highest BCUT2D eigenvalue weighted by Gasteiger charge is 2.21. The van der Waals surface area contributed by atoms with Crippen LogP contribution in [0, 0.1) is 0 Å². The second-order valence-electron chi connectivity index (χ2n) is 12.9. The standard InChI is InChI=1S/C35H66N5O7PS/c1-4-6-8-10-12-13-14-16-18-20-27-49-31(22-19-17-15-11-9-7-5-2)30(3)45-23-21-24-46-48(42,43)47-26-25-44-29-40-28-37-32-33(40)38-35(36)39-34(32)41/h28,30-31H,4-27,29H2,1-3H3,(H,42,43)(H3,36,38,39,41). The summed E-state index contributed by atoms with van der Waals surface area (Å²) in [5.41, 5.74) is 5.59. The molecule has 2 heterocycles. The lowest BCUT2D eigenvalue weighted by Gasteiger charge is -2.24. The van der Waals surface area contributed by atoms with Gasteiger partial charge in [-0.15, -0.1) is 0 Å². The molecule has 0 saturated heterocycles. The second-order valence-corrected chi connectivity index (χ2v) is 15.7. The van der Waals surface area contributed by atoms with Gasteiger partial charge in [-0.2, -0.15) is 16.7 Å². The maximum Gasteiger partial charge on any atom is 0.472 e. The largest absolute Gasteiger partial charge is 0.472 e. The van der Waals surface area contributed by atoms with E-state index in [0.29, 0.717) is 18.3 Å². The number of unbranched alkanes of at least 4 members (excludes halogenated alkanes) is 15. The van der Waals surface area contributed by atoms with Crippen molar-refractivity contribution in [2.45, 2.75) is 161 Å². The zero-order valence-corrected chi connectivity index (χ0v) is 32.3. The van der Waals surface area contributed by atoms with E-state index in [1.165, 1.54) is 126 Å². The molecule has 3 unspecified atom stereocenters. The average molecular weight is 732 g/mol. The lowest BCUT2D eigenvalue weighted by atomic mass is 10.1. The Balaban J connectivity index is 1.61. The fourth-order valence-electron chi connectivity index (χ4n) is 5.67. The van der Waals surface area contributed by atoms with Crippen LogP contribution in [0.15, 0.2) is 11.1 Å². The molecule has 0 radical (unpaired) electrons. The minimum atomic E-state index is -4.23. The van der Waals surface area contributed by atoms with E-state index in [0.717, 1.165) is 6.42 Å². The third-order valence-corrected chi connectivity index (χ3v) is 11.2. The van der Waals surface area contributed by atoms with E-state index in [1.54, 1.807) is 0 Å². The summed E-state index contributed by atoms with van der Waals surface area (Å²) < 4.78 is 35.7. The molecule has 0 aliphatic heterocycles. The van der Waals surface area contributed by atoms with E-state index in [9.17, 15) is 14.3 Å². The molecule has 4 N–H and O–H groups in total. The lowest BCUT2D eigenvalue weighted by molar-refractivity contribution is 0.0365. The number of nitrogens with two attached hydrogens (primary N) is 1. The Labute approximate surface area is 299 Å². The van der Waals surface area contributed by atoms with Gasteiger partial charge in [-0.25, -0.2) is 9.55 Å². The smallest absolute Gasteiger partial charge is 0.377 e. The molecule has 14 heteroatoms. The predicted molar refractivity (Wildman–Crippen MR) is 201 cm³/mol. The van der Waals surface area contributed by atoms with E-state index in [1.807, 2.05) is 0 Å². The van der Waals surface area contributed by atoms with Crippen LogP contribution in [0.25, 0.3) is 11.2 Å². The maximum absolute atomic E-state index is 12.3. The number of hydrogen-bond acceptors (Lipinski definition) is 10. The monoisotopic (exact) mass is 731 g/mol. The van der Waals surface area contributed by atoms with Crippen molar-refractivity contribution in [2.75, 3.05) is 37.9 Å². The first-order valence-corrected chi connectivity index (χ1v) is 21.4. The summed E-state index contributed by atoms with van der Waals surface area (Å²) in [6.45, 7) is 7.07. The number of H-pyrrole nitrogens is 1. The van der Waals surface area contributed by atoms with Crippen molar-refractivity contribution in [1.82, 2.24) is 19.5 Å². The molecule has 0 amide bonds. The first kappa shape index (κ1) is 43.7. The number of fused-ring (bicyclic) bond motifs is 1. The zero-order valence-electron chi connectivity index (χ0n) is 30.6. The zero-order chi connectivity index (χ0) is 35.6. The number of nitrogens with zero attached hydrogens (tertiary/aromatic N) is 3. The third-order valence-electron chi connectivity index (χ3n) is 8.58. The summed E-state index contributed by atoms with van der Waals surface area (Å²) in [6, 6.07) is 0. The molecule has 2 aromatic heterocycles. The van der Waals surface area contributed by atoms with Crippen molar-refractivity contribution >= 4 is 36.7 Å². The van der Waals surface area contributed by atoms with Gasteiger partial charge in [0.15, 0.2) is 11.2 Å². The van der Waals surface area contributed by atoms with Crippen LogP contribution in [-0.4, -0.2) is 67.9 Å². The van der Waals surface area contributed by atoms with Crippen LogP contribution in [0.3, 0.4) is 0 Å². The van der Waals surface area contributed by atoms with Crippen molar-refractivity contribution in [3.05, 3.63) is 16.7 Å². The summed E-state index contributed by atoms with van der Waals surface area (Å²) >= 11 is 2.06. The highest BCUT2D eigenvalue weighted by molar-refractivity contribution is 7.99. The van der Waals surface area contributed by atoms with Gasteiger partial charge in [0.25, 0.3) is 5.56 Å². The molecule has 49 heavy (non-hydrogen) atoms. The molecule has 0 fully saturated rings. The van der Waals surface area contributed by atoms with Crippen molar-refractivity contribution < 1.29 is 28.0 Å². The Kier molecular flexibility index (Phi) is 24.3. The van der Waals surface area contributed by atoms with E-state index in [-0.39, 0.29) is 49.8 Å². The van der Waals surface area contributed by atoms with Gasteiger partial charge in [0.05, 0.1) is 32.3 Å². The molecule has 0 aliphatic carbocycles. The van der Waals surface area contributed by atoms with E-state index >= 15 is 0 Å². The summed E-state index contributed by atoms with van der Waals surface area (Å²) in [5.74, 6) is 1.15. The topological polar surface area (TPSA) is 164 Å². The maximum atomic E-state index is 12.3. The molecule has 0 aromatic carbocycles. The Morgan fingerprint density at radius 1 is 0.857 bits per heavy atom. The number of phosphoric acid groups is 1. The number of ether oxygens (including phenoxy) is 2. The van der Waals surface area contributed by atoms with Crippen LogP contribution < -0.4 is 11.3 Å². The fraction of sp³-hybridized carbons (Fsp3) is 0.857. The Morgan fingerprint density at radius 3 is 2.10 bits per heavy atom. The Hall–Kier alpha value is -1.47. The molecule has 2 rings (SSSR count). The van der Waals surface area contributed by atoms with Crippen molar-refractivity contribution in [1.29, 1.82) is 0 Å². The van der Waals surface area contributed by atoms with Gasteiger partial charge in [-0.1, -0.05) is 117 Å². The second kappa shape index (κ2) is 27.2. The number of hydrogen-bond donors (Lipinski definition) is 3.